The molecule has 0 aromatic rings. The van der Waals surface area contributed by atoms with Crippen molar-refractivity contribution < 1.29 is 14.3 Å². The predicted molar refractivity (Wildman–Crippen MR) is 85.6 cm³/mol. The lowest BCUT2D eigenvalue weighted by atomic mass is 10.1. The molecule has 0 aromatic heterocycles. The molecule has 0 amide bonds. The molecular formula is C14H23N3O3S. The lowest BCUT2D eigenvalue weighted by Gasteiger charge is -2.23. The number of hydrogen-bond donors (Lipinski definition) is 2. The largest absolute Gasteiger partial charge is 0.479 e. The van der Waals surface area contributed by atoms with Gasteiger partial charge in [0.15, 0.2) is 0 Å². The van der Waals surface area contributed by atoms with Gasteiger partial charge in [-0.05, 0) is 12.8 Å². The Kier molecular flexibility index (Phi) is 6.77. The first kappa shape index (κ1) is 17.6. The third kappa shape index (κ3) is 4.50. The van der Waals surface area contributed by atoms with Crippen molar-refractivity contribution in [1.29, 1.82) is 0 Å². The zero-order valence-electron chi connectivity index (χ0n) is 13.0. The molecule has 6 nitrogen and oxygen atoms in total. The van der Waals surface area contributed by atoms with Crippen molar-refractivity contribution in [1.82, 2.24) is 5.32 Å². The van der Waals surface area contributed by atoms with Gasteiger partial charge >= 0.3 is 5.97 Å². The molecule has 0 radical (unpaired) electrons. The maximum Gasteiger partial charge on any atom is 0.356 e. The molecule has 3 N–H and O–H groups in total. The lowest BCUT2D eigenvalue weighted by molar-refractivity contribution is -0.136. The fraction of sp³-hybridized carbons (Fsp3) is 0.571. The summed E-state index contributed by atoms with van der Waals surface area (Å²) in [6.45, 7) is 5.86. The van der Waals surface area contributed by atoms with E-state index in [0.29, 0.717) is 17.5 Å². The van der Waals surface area contributed by atoms with Crippen LogP contribution < -0.4 is 11.1 Å². The number of ether oxygens (including phenoxy) is 2. The van der Waals surface area contributed by atoms with Crippen LogP contribution in [-0.4, -0.2) is 37.5 Å². The molecule has 1 heterocycles. The standard InChI is InChI=1S/C14H23N3O3S/c1-6-9(14(18)20-5)16-12(19-4)10-7-21-13(17-10)11(15)8(2)3/h6-8,11,13,17H,15H2,1-5H3/b9-6+,16-12?. The van der Waals surface area contributed by atoms with Crippen LogP contribution in [0.25, 0.3) is 0 Å². The first-order valence-corrected chi connectivity index (χ1v) is 7.64. The number of methoxy groups -OCH3 is 2. The van der Waals surface area contributed by atoms with Gasteiger partial charge in [-0.15, -0.1) is 11.8 Å². The van der Waals surface area contributed by atoms with E-state index in [1.165, 1.54) is 14.2 Å². The van der Waals surface area contributed by atoms with Crippen LogP contribution >= 0.6 is 11.8 Å². The van der Waals surface area contributed by atoms with Crippen LogP contribution in [0.1, 0.15) is 20.8 Å². The van der Waals surface area contributed by atoms with Gasteiger partial charge in [0.2, 0.25) is 5.90 Å². The Hall–Kier alpha value is -1.47. The number of aliphatic imine (C=N–C) groups is 1. The van der Waals surface area contributed by atoms with Crippen LogP contribution in [-0.2, 0) is 14.3 Å². The number of nitrogens with one attached hydrogen (secondary N) is 1. The van der Waals surface area contributed by atoms with Gasteiger partial charge in [-0.2, -0.15) is 0 Å². The van der Waals surface area contributed by atoms with E-state index in [-0.39, 0.29) is 17.1 Å². The maximum absolute atomic E-state index is 11.6. The number of carbonyl (C=O) groups excluding carboxylic acids is 1. The number of rotatable bonds is 5. The summed E-state index contributed by atoms with van der Waals surface area (Å²) in [6.07, 6.45) is 1.57. The number of hydrogen-bond acceptors (Lipinski definition) is 7. The predicted octanol–water partition coefficient (Wildman–Crippen LogP) is 1.60. The maximum atomic E-state index is 11.6. The van der Waals surface area contributed by atoms with Crippen molar-refractivity contribution in [2.45, 2.75) is 32.2 Å². The SMILES string of the molecule is C/C=C(/N=C(OC)C1=CSC(C(N)C(C)C)N1)C(=O)OC. The number of thioether (sulfide) groups is 1. The summed E-state index contributed by atoms with van der Waals surface area (Å²) in [6, 6.07) is 0.00338. The smallest absolute Gasteiger partial charge is 0.356 e. The Balaban J connectivity index is 2.86. The van der Waals surface area contributed by atoms with E-state index < -0.39 is 5.97 Å². The molecule has 1 aliphatic rings. The average Bonchev–Trinajstić information content (AvgIpc) is 2.96. The van der Waals surface area contributed by atoms with Gasteiger partial charge in [0, 0.05) is 11.4 Å². The number of allylic oxidation sites excluding steroid dienone is 1. The van der Waals surface area contributed by atoms with Gasteiger partial charge in [-0.3, -0.25) is 0 Å². The Morgan fingerprint density at radius 3 is 2.62 bits per heavy atom. The highest BCUT2D eigenvalue weighted by Crippen LogP contribution is 2.26. The Morgan fingerprint density at radius 1 is 1.48 bits per heavy atom. The van der Waals surface area contributed by atoms with Gasteiger partial charge in [0.1, 0.15) is 11.4 Å². The van der Waals surface area contributed by atoms with Gasteiger partial charge in [0.05, 0.1) is 19.6 Å². The fourth-order valence-electron chi connectivity index (χ4n) is 1.67. The third-order valence-corrected chi connectivity index (χ3v) is 4.16. The quantitative estimate of drug-likeness (QED) is 0.347. The van der Waals surface area contributed by atoms with E-state index >= 15 is 0 Å². The molecule has 0 bridgehead atoms. The van der Waals surface area contributed by atoms with Gasteiger partial charge in [-0.1, -0.05) is 19.9 Å². The zero-order valence-corrected chi connectivity index (χ0v) is 13.9. The van der Waals surface area contributed by atoms with E-state index in [0.717, 1.165) is 0 Å². The molecular weight excluding hydrogens is 290 g/mol. The normalized spacial score (nSPS) is 20.9. The molecule has 0 saturated carbocycles. The summed E-state index contributed by atoms with van der Waals surface area (Å²) >= 11 is 1.58. The summed E-state index contributed by atoms with van der Waals surface area (Å²) in [5, 5.41) is 5.24. The van der Waals surface area contributed by atoms with E-state index in [1.54, 1.807) is 24.8 Å². The van der Waals surface area contributed by atoms with Crippen molar-refractivity contribution >= 4 is 23.6 Å². The highest BCUT2D eigenvalue weighted by Gasteiger charge is 2.28. The highest BCUT2D eigenvalue weighted by molar-refractivity contribution is 8.03. The van der Waals surface area contributed by atoms with Crippen LogP contribution in [0.3, 0.4) is 0 Å². The summed E-state index contributed by atoms with van der Waals surface area (Å²) < 4.78 is 9.93. The number of carbonyl (C=O) groups is 1. The fourth-order valence-corrected chi connectivity index (χ4v) is 2.81. The van der Waals surface area contributed by atoms with E-state index in [2.05, 4.69) is 28.9 Å². The molecule has 2 unspecified atom stereocenters. The van der Waals surface area contributed by atoms with Crippen LogP contribution in [0.2, 0.25) is 0 Å². The average molecular weight is 313 g/mol. The van der Waals surface area contributed by atoms with Crippen LogP contribution in [0.4, 0.5) is 0 Å². The van der Waals surface area contributed by atoms with Crippen LogP contribution in [0.5, 0.6) is 0 Å². The molecule has 0 saturated heterocycles. The first-order valence-electron chi connectivity index (χ1n) is 6.70. The topological polar surface area (TPSA) is 85.9 Å². The molecule has 118 valence electrons. The van der Waals surface area contributed by atoms with Crippen LogP contribution in [0.15, 0.2) is 27.9 Å². The first-order chi connectivity index (χ1) is 9.94. The monoisotopic (exact) mass is 313 g/mol. The van der Waals surface area contributed by atoms with Crippen LogP contribution in [0, 0.1) is 5.92 Å². The third-order valence-electron chi connectivity index (χ3n) is 3.06. The second kappa shape index (κ2) is 8.09. The summed E-state index contributed by atoms with van der Waals surface area (Å²) in [7, 11) is 2.82. The summed E-state index contributed by atoms with van der Waals surface area (Å²) in [5.41, 5.74) is 7.05. The number of esters is 1. The molecule has 0 fully saturated rings. The van der Waals surface area contributed by atoms with E-state index in [9.17, 15) is 4.79 Å². The molecule has 1 rings (SSSR count). The van der Waals surface area contributed by atoms with Crippen molar-refractivity contribution in [2.24, 2.45) is 16.6 Å². The van der Waals surface area contributed by atoms with E-state index in [4.69, 9.17) is 10.5 Å². The summed E-state index contributed by atoms with van der Waals surface area (Å²) in [4.78, 5) is 15.8. The molecule has 0 spiro atoms. The minimum atomic E-state index is -0.506. The zero-order chi connectivity index (χ0) is 16.0. The molecule has 7 heteroatoms. The Bertz CT molecular complexity index is 472. The van der Waals surface area contributed by atoms with Crippen molar-refractivity contribution in [2.75, 3.05) is 14.2 Å². The van der Waals surface area contributed by atoms with Crippen molar-refractivity contribution in [3.63, 3.8) is 0 Å². The molecule has 21 heavy (non-hydrogen) atoms. The Morgan fingerprint density at radius 2 is 2.14 bits per heavy atom. The lowest BCUT2D eigenvalue weighted by Crippen LogP contribution is -2.44. The molecule has 0 aromatic carbocycles. The van der Waals surface area contributed by atoms with Gasteiger partial charge in [-0.25, -0.2) is 9.79 Å². The molecule has 1 aliphatic heterocycles. The van der Waals surface area contributed by atoms with Crippen molar-refractivity contribution in [3.05, 3.63) is 22.9 Å². The summed E-state index contributed by atoms with van der Waals surface area (Å²) in [5.74, 6) is 0.181. The minimum absolute atomic E-state index is 0.00338. The Labute approximate surface area is 129 Å². The second-order valence-corrected chi connectivity index (χ2v) is 5.86. The number of nitrogens with zero attached hydrogens (tertiary/aromatic N) is 1. The van der Waals surface area contributed by atoms with Gasteiger partial charge < -0.3 is 20.5 Å². The second-order valence-electron chi connectivity index (χ2n) is 4.84. The minimum Gasteiger partial charge on any atom is -0.479 e. The molecule has 2 atom stereocenters. The number of nitrogens with two attached hydrogens (primary N) is 1. The van der Waals surface area contributed by atoms with E-state index in [1.807, 2.05) is 5.41 Å². The van der Waals surface area contributed by atoms with Gasteiger partial charge in [0.25, 0.3) is 0 Å². The molecule has 0 aliphatic carbocycles. The highest BCUT2D eigenvalue weighted by atomic mass is 32.2. The van der Waals surface area contributed by atoms with Crippen molar-refractivity contribution in [3.8, 4) is 0 Å².